The van der Waals surface area contributed by atoms with Gasteiger partial charge in [0.15, 0.2) is 11.2 Å². The van der Waals surface area contributed by atoms with Gasteiger partial charge in [-0.15, -0.1) is 0 Å². The Labute approximate surface area is 77.0 Å². The number of aliphatic hydroxyl groups excluding tert-OH is 1. The van der Waals surface area contributed by atoms with E-state index in [0.29, 0.717) is 5.82 Å². The minimum atomic E-state index is -0.606. The van der Waals surface area contributed by atoms with E-state index in [0.717, 1.165) is 0 Å². The first kappa shape index (κ1) is 8.70. The first-order chi connectivity index (χ1) is 6.63. The molecule has 2 rings (SSSR count). The van der Waals surface area contributed by atoms with Crippen LogP contribution in [0.2, 0.25) is 0 Å². The number of H-pyrrole nitrogens is 2. The van der Waals surface area contributed by atoms with Crippen molar-refractivity contribution in [2.45, 2.75) is 6.61 Å². The van der Waals surface area contributed by atoms with Crippen LogP contribution in [-0.2, 0) is 13.7 Å². The Balaban J connectivity index is 3.00. The molecule has 0 bridgehead atoms. The van der Waals surface area contributed by atoms with E-state index in [4.69, 9.17) is 5.11 Å². The number of imidazole rings is 1. The van der Waals surface area contributed by atoms with E-state index in [1.165, 1.54) is 4.57 Å². The third kappa shape index (κ3) is 1.06. The summed E-state index contributed by atoms with van der Waals surface area (Å²) in [6, 6.07) is 0. The van der Waals surface area contributed by atoms with Crippen LogP contribution in [-0.4, -0.2) is 24.6 Å². The van der Waals surface area contributed by atoms with Crippen molar-refractivity contribution in [2.24, 2.45) is 7.05 Å². The summed E-state index contributed by atoms with van der Waals surface area (Å²) in [5, 5.41) is 8.89. The fourth-order valence-electron chi connectivity index (χ4n) is 1.33. The van der Waals surface area contributed by atoms with E-state index >= 15 is 0 Å². The lowest BCUT2D eigenvalue weighted by molar-refractivity contribution is 0.268. The second kappa shape index (κ2) is 2.81. The molecule has 2 aromatic rings. The molecule has 2 heterocycles. The van der Waals surface area contributed by atoms with Crippen LogP contribution in [0.5, 0.6) is 0 Å². The monoisotopic (exact) mass is 196 g/mol. The lowest BCUT2D eigenvalue weighted by atomic mass is 10.5. The van der Waals surface area contributed by atoms with Crippen molar-refractivity contribution in [3.63, 3.8) is 0 Å². The van der Waals surface area contributed by atoms with Crippen LogP contribution in [0.1, 0.15) is 5.82 Å². The normalized spacial score (nSPS) is 11.0. The molecule has 7 nitrogen and oxygen atoms in total. The quantitative estimate of drug-likeness (QED) is 0.513. The van der Waals surface area contributed by atoms with Gasteiger partial charge in [-0.25, -0.2) is 9.78 Å². The molecule has 0 aromatic carbocycles. The van der Waals surface area contributed by atoms with Crippen molar-refractivity contribution < 1.29 is 5.11 Å². The van der Waals surface area contributed by atoms with Gasteiger partial charge in [0, 0.05) is 7.05 Å². The molecule has 0 aliphatic rings. The molecule has 0 saturated heterocycles. The Morgan fingerprint density at radius 3 is 2.79 bits per heavy atom. The Morgan fingerprint density at radius 2 is 2.14 bits per heavy atom. The van der Waals surface area contributed by atoms with Gasteiger partial charge in [0.25, 0.3) is 5.56 Å². The lowest BCUT2D eigenvalue weighted by Gasteiger charge is -1.95. The Bertz CT molecular complexity index is 591. The maximum atomic E-state index is 11.3. The number of nitrogens with zero attached hydrogens (tertiary/aromatic N) is 2. The fourth-order valence-corrected chi connectivity index (χ4v) is 1.33. The molecule has 0 aliphatic carbocycles. The van der Waals surface area contributed by atoms with E-state index in [-0.39, 0.29) is 17.8 Å². The number of aryl methyl sites for hydroxylation is 1. The molecule has 0 radical (unpaired) electrons. The number of aliphatic hydroxyl groups is 1. The predicted octanol–water partition coefficient (Wildman–Crippen LogP) is -1.56. The van der Waals surface area contributed by atoms with Gasteiger partial charge in [-0.3, -0.25) is 14.8 Å². The highest BCUT2D eigenvalue weighted by molar-refractivity contribution is 5.69. The van der Waals surface area contributed by atoms with Gasteiger partial charge in [0.05, 0.1) is 0 Å². The van der Waals surface area contributed by atoms with E-state index < -0.39 is 11.2 Å². The number of aromatic amines is 2. The maximum Gasteiger partial charge on any atom is 0.327 e. The van der Waals surface area contributed by atoms with Gasteiger partial charge in [-0.05, 0) is 0 Å². The van der Waals surface area contributed by atoms with Crippen LogP contribution in [0, 0.1) is 0 Å². The number of hydrogen-bond donors (Lipinski definition) is 3. The highest BCUT2D eigenvalue weighted by Gasteiger charge is 2.10. The summed E-state index contributed by atoms with van der Waals surface area (Å²) in [4.78, 5) is 30.6. The zero-order valence-corrected chi connectivity index (χ0v) is 7.37. The van der Waals surface area contributed by atoms with Gasteiger partial charge in [-0.2, -0.15) is 0 Å². The van der Waals surface area contributed by atoms with Crippen molar-refractivity contribution in [1.82, 2.24) is 19.5 Å². The summed E-state index contributed by atoms with van der Waals surface area (Å²) in [6.07, 6.45) is 0. The van der Waals surface area contributed by atoms with Crippen molar-refractivity contribution >= 4 is 11.2 Å². The molecule has 0 atom stereocenters. The minimum absolute atomic E-state index is 0.185. The van der Waals surface area contributed by atoms with E-state index in [1.807, 2.05) is 0 Å². The average molecular weight is 196 g/mol. The summed E-state index contributed by atoms with van der Waals surface area (Å²) in [5.41, 5.74) is -0.692. The zero-order chi connectivity index (χ0) is 10.3. The smallest absolute Gasteiger partial charge is 0.327 e. The van der Waals surface area contributed by atoms with Crippen LogP contribution >= 0.6 is 0 Å². The molecule has 14 heavy (non-hydrogen) atoms. The maximum absolute atomic E-state index is 11.3. The van der Waals surface area contributed by atoms with Gasteiger partial charge in [0.2, 0.25) is 0 Å². The summed E-state index contributed by atoms with van der Waals surface area (Å²) in [7, 11) is 1.59. The summed E-state index contributed by atoms with van der Waals surface area (Å²) >= 11 is 0. The van der Waals surface area contributed by atoms with Crippen LogP contribution in [0.4, 0.5) is 0 Å². The van der Waals surface area contributed by atoms with Gasteiger partial charge < -0.3 is 9.67 Å². The Kier molecular flexibility index (Phi) is 1.74. The molecule has 0 fully saturated rings. The summed E-state index contributed by atoms with van der Waals surface area (Å²) in [5.74, 6) is 0.326. The van der Waals surface area contributed by atoms with Gasteiger partial charge in [0.1, 0.15) is 12.4 Å². The lowest BCUT2D eigenvalue weighted by Crippen LogP contribution is -2.22. The zero-order valence-electron chi connectivity index (χ0n) is 7.37. The topological polar surface area (TPSA) is 104 Å². The number of rotatable bonds is 1. The molecular weight excluding hydrogens is 188 g/mol. The van der Waals surface area contributed by atoms with E-state index in [2.05, 4.69) is 15.0 Å². The third-order valence-corrected chi connectivity index (χ3v) is 2.00. The van der Waals surface area contributed by atoms with Crippen molar-refractivity contribution in [1.29, 1.82) is 0 Å². The molecule has 0 aliphatic heterocycles. The minimum Gasteiger partial charge on any atom is -0.388 e. The summed E-state index contributed by atoms with van der Waals surface area (Å²) in [6.45, 7) is -0.285. The standard InChI is InChI=1S/C7H8N4O3/c1-11-3(2-12)8-5-4(11)6(13)10-7(14)9-5/h12H,2H2,1H3,(H2,9,10,13,14). The number of aromatic nitrogens is 4. The second-order valence-corrected chi connectivity index (χ2v) is 2.85. The Hall–Kier alpha value is -1.89. The fraction of sp³-hybridized carbons (Fsp3) is 0.286. The SMILES string of the molecule is Cn1c(CO)nc2[nH]c(=O)[nH]c(=O)c21. The van der Waals surface area contributed by atoms with Crippen LogP contribution in [0.25, 0.3) is 11.2 Å². The van der Waals surface area contributed by atoms with Gasteiger partial charge >= 0.3 is 5.69 Å². The molecule has 0 spiro atoms. The van der Waals surface area contributed by atoms with Gasteiger partial charge in [-0.1, -0.05) is 0 Å². The first-order valence-corrected chi connectivity index (χ1v) is 3.92. The largest absolute Gasteiger partial charge is 0.388 e. The molecule has 74 valence electrons. The van der Waals surface area contributed by atoms with Crippen LogP contribution < -0.4 is 11.2 Å². The first-order valence-electron chi connectivity index (χ1n) is 3.92. The molecule has 0 saturated carbocycles. The predicted molar refractivity (Wildman–Crippen MR) is 47.9 cm³/mol. The van der Waals surface area contributed by atoms with E-state index in [1.54, 1.807) is 7.05 Å². The summed E-state index contributed by atoms with van der Waals surface area (Å²) < 4.78 is 1.43. The molecule has 3 N–H and O–H groups in total. The highest BCUT2D eigenvalue weighted by Crippen LogP contribution is 2.05. The van der Waals surface area contributed by atoms with Crippen molar-refractivity contribution in [3.05, 3.63) is 26.7 Å². The number of hydrogen-bond acceptors (Lipinski definition) is 4. The highest BCUT2D eigenvalue weighted by atomic mass is 16.3. The number of fused-ring (bicyclic) bond motifs is 1. The molecule has 7 heteroatoms. The molecule has 0 amide bonds. The van der Waals surface area contributed by atoms with Crippen LogP contribution in [0.3, 0.4) is 0 Å². The average Bonchev–Trinajstić information content (AvgIpc) is 2.42. The second-order valence-electron chi connectivity index (χ2n) is 2.85. The number of nitrogens with one attached hydrogen (secondary N) is 2. The van der Waals surface area contributed by atoms with Crippen LogP contribution in [0.15, 0.2) is 9.59 Å². The molecular formula is C7H8N4O3. The van der Waals surface area contributed by atoms with Crippen molar-refractivity contribution in [3.8, 4) is 0 Å². The van der Waals surface area contributed by atoms with E-state index in [9.17, 15) is 9.59 Å². The Morgan fingerprint density at radius 1 is 1.43 bits per heavy atom. The molecule has 0 unspecified atom stereocenters. The van der Waals surface area contributed by atoms with Crippen molar-refractivity contribution in [2.75, 3.05) is 0 Å². The third-order valence-electron chi connectivity index (χ3n) is 2.00. The molecule has 2 aromatic heterocycles.